The molecule has 2 atom stereocenters. The van der Waals surface area contributed by atoms with Crippen molar-refractivity contribution in [2.45, 2.75) is 25.9 Å². The lowest BCUT2D eigenvalue weighted by Crippen LogP contribution is -2.13. The zero-order valence-corrected chi connectivity index (χ0v) is 5.10. The normalized spacial score (nSPS) is 37.8. The van der Waals surface area contributed by atoms with Gasteiger partial charge in [-0.2, -0.15) is 0 Å². The van der Waals surface area contributed by atoms with E-state index in [1.54, 1.807) is 0 Å². The fourth-order valence-corrected chi connectivity index (χ4v) is 0.917. The molecule has 2 unspecified atom stereocenters. The van der Waals surface area contributed by atoms with Crippen molar-refractivity contribution in [1.82, 2.24) is 0 Å². The molecule has 0 fully saturated rings. The molecule has 0 nitrogen and oxygen atoms in total. The quantitative estimate of drug-likeness (QED) is 0.424. The summed E-state index contributed by atoms with van der Waals surface area (Å²) in [7, 11) is 0. The summed E-state index contributed by atoms with van der Waals surface area (Å²) >= 11 is 0. The van der Waals surface area contributed by atoms with Gasteiger partial charge in [0.25, 0.3) is 0 Å². The summed E-state index contributed by atoms with van der Waals surface area (Å²) in [6.45, 7) is 1.95. The molecule has 0 saturated carbocycles. The van der Waals surface area contributed by atoms with Crippen molar-refractivity contribution in [2.75, 3.05) is 0 Å². The van der Waals surface area contributed by atoms with E-state index < -0.39 is 6.17 Å². The SMILES string of the molecule is CC1CC=CCC1F. The first-order valence-electron chi connectivity index (χ1n) is 3.10. The van der Waals surface area contributed by atoms with Gasteiger partial charge in [-0.1, -0.05) is 19.1 Å². The first-order chi connectivity index (χ1) is 3.80. The van der Waals surface area contributed by atoms with Crippen LogP contribution in [0.15, 0.2) is 12.2 Å². The molecule has 1 aliphatic rings. The molecule has 0 saturated heterocycles. The highest BCUT2D eigenvalue weighted by molar-refractivity contribution is 4.93. The minimum absolute atomic E-state index is 0.250. The maximum Gasteiger partial charge on any atom is 0.106 e. The molecule has 0 aliphatic heterocycles. The Hall–Kier alpha value is -0.330. The van der Waals surface area contributed by atoms with E-state index in [0.717, 1.165) is 6.42 Å². The van der Waals surface area contributed by atoms with Crippen LogP contribution in [0.4, 0.5) is 4.39 Å². The lowest BCUT2D eigenvalue weighted by Gasteiger charge is -2.16. The summed E-state index contributed by atoms with van der Waals surface area (Å²) in [4.78, 5) is 0. The molecule has 1 aliphatic carbocycles. The standard InChI is InChI=1S/C7H11F/c1-6-4-2-3-5-7(6)8/h2-3,6-7H,4-5H2,1H3. The van der Waals surface area contributed by atoms with Gasteiger partial charge in [-0.3, -0.25) is 0 Å². The number of hydrogen-bond donors (Lipinski definition) is 0. The van der Waals surface area contributed by atoms with E-state index in [1.165, 1.54) is 0 Å². The van der Waals surface area contributed by atoms with Gasteiger partial charge >= 0.3 is 0 Å². The van der Waals surface area contributed by atoms with Gasteiger partial charge in [0.1, 0.15) is 6.17 Å². The van der Waals surface area contributed by atoms with Crippen molar-refractivity contribution in [1.29, 1.82) is 0 Å². The molecule has 1 heteroatoms. The van der Waals surface area contributed by atoms with Gasteiger partial charge in [-0.05, 0) is 18.8 Å². The second-order valence-electron chi connectivity index (χ2n) is 2.44. The predicted octanol–water partition coefficient (Wildman–Crippen LogP) is 2.31. The van der Waals surface area contributed by atoms with Crippen molar-refractivity contribution in [3.05, 3.63) is 12.2 Å². The number of hydrogen-bond acceptors (Lipinski definition) is 0. The Labute approximate surface area is 49.4 Å². The van der Waals surface area contributed by atoms with Crippen LogP contribution in [0.25, 0.3) is 0 Å². The average Bonchev–Trinajstić information content (AvgIpc) is 1.77. The number of allylic oxidation sites excluding steroid dienone is 2. The third-order valence-electron chi connectivity index (χ3n) is 1.65. The monoisotopic (exact) mass is 114 g/mol. The molecular weight excluding hydrogens is 103 g/mol. The van der Waals surface area contributed by atoms with Crippen LogP contribution in [0.5, 0.6) is 0 Å². The van der Waals surface area contributed by atoms with E-state index in [2.05, 4.69) is 6.08 Å². The van der Waals surface area contributed by atoms with Crippen molar-refractivity contribution in [2.24, 2.45) is 5.92 Å². The van der Waals surface area contributed by atoms with Crippen LogP contribution in [-0.2, 0) is 0 Å². The zero-order chi connectivity index (χ0) is 5.98. The first kappa shape index (κ1) is 5.80. The lowest BCUT2D eigenvalue weighted by molar-refractivity contribution is 0.237. The van der Waals surface area contributed by atoms with Crippen LogP contribution in [0.1, 0.15) is 19.8 Å². The maximum atomic E-state index is 12.5. The molecule has 0 aromatic rings. The minimum Gasteiger partial charge on any atom is -0.247 e. The van der Waals surface area contributed by atoms with Crippen LogP contribution < -0.4 is 0 Å². The molecule has 0 amide bonds. The van der Waals surface area contributed by atoms with Crippen molar-refractivity contribution in [3.63, 3.8) is 0 Å². The highest BCUT2D eigenvalue weighted by Gasteiger charge is 2.15. The summed E-state index contributed by atoms with van der Waals surface area (Å²) in [6.07, 6.45) is 4.94. The Bertz CT molecular complexity index is 84.6. The summed E-state index contributed by atoms with van der Waals surface area (Å²) in [5.74, 6) is 0.250. The largest absolute Gasteiger partial charge is 0.247 e. The van der Waals surface area contributed by atoms with Crippen molar-refractivity contribution < 1.29 is 4.39 Å². The summed E-state index contributed by atoms with van der Waals surface area (Å²) in [5, 5.41) is 0. The number of alkyl halides is 1. The van der Waals surface area contributed by atoms with Gasteiger partial charge in [0, 0.05) is 0 Å². The van der Waals surface area contributed by atoms with E-state index in [9.17, 15) is 4.39 Å². The molecule has 0 spiro atoms. The van der Waals surface area contributed by atoms with E-state index in [1.807, 2.05) is 13.0 Å². The van der Waals surface area contributed by atoms with Crippen molar-refractivity contribution >= 4 is 0 Å². The van der Waals surface area contributed by atoms with Crippen LogP contribution in [-0.4, -0.2) is 6.17 Å². The second kappa shape index (κ2) is 2.29. The highest BCUT2D eigenvalue weighted by Crippen LogP contribution is 2.20. The van der Waals surface area contributed by atoms with Gasteiger partial charge in [0.15, 0.2) is 0 Å². The second-order valence-corrected chi connectivity index (χ2v) is 2.44. The zero-order valence-electron chi connectivity index (χ0n) is 5.10. The molecule has 0 heterocycles. The fourth-order valence-electron chi connectivity index (χ4n) is 0.917. The number of halogens is 1. The van der Waals surface area contributed by atoms with Crippen LogP contribution in [0.2, 0.25) is 0 Å². The summed E-state index contributed by atoms with van der Waals surface area (Å²) < 4.78 is 12.5. The third-order valence-corrected chi connectivity index (χ3v) is 1.65. The summed E-state index contributed by atoms with van der Waals surface area (Å²) in [6, 6.07) is 0. The Balaban J connectivity index is 2.44. The lowest BCUT2D eigenvalue weighted by atomic mass is 9.95. The van der Waals surface area contributed by atoms with Gasteiger partial charge in [-0.15, -0.1) is 0 Å². The maximum absolute atomic E-state index is 12.5. The summed E-state index contributed by atoms with van der Waals surface area (Å²) in [5.41, 5.74) is 0. The Morgan fingerprint density at radius 1 is 1.38 bits per heavy atom. The van der Waals surface area contributed by atoms with E-state index in [-0.39, 0.29) is 5.92 Å². The third kappa shape index (κ3) is 1.09. The van der Waals surface area contributed by atoms with Crippen LogP contribution in [0.3, 0.4) is 0 Å². The predicted molar refractivity (Wildman–Crippen MR) is 32.4 cm³/mol. The first-order valence-corrected chi connectivity index (χ1v) is 3.10. The van der Waals surface area contributed by atoms with Gasteiger partial charge in [-0.25, -0.2) is 4.39 Å². The van der Waals surface area contributed by atoms with Gasteiger partial charge < -0.3 is 0 Å². The molecule has 0 N–H and O–H groups in total. The molecule has 0 bridgehead atoms. The topological polar surface area (TPSA) is 0 Å². The molecule has 8 heavy (non-hydrogen) atoms. The van der Waals surface area contributed by atoms with Crippen LogP contribution >= 0.6 is 0 Å². The van der Waals surface area contributed by atoms with Gasteiger partial charge in [0.05, 0.1) is 0 Å². The minimum atomic E-state index is -0.583. The highest BCUT2D eigenvalue weighted by atomic mass is 19.1. The Morgan fingerprint density at radius 2 is 2.00 bits per heavy atom. The van der Waals surface area contributed by atoms with E-state index in [4.69, 9.17) is 0 Å². The van der Waals surface area contributed by atoms with Crippen molar-refractivity contribution in [3.8, 4) is 0 Å². The van der Waals surface area contributed by atoms with Crippen LogP contribution in [0, 0.1) is 5.92 Å². The Morgan fingerprint density at radius 3 is 2.38 bits per heavy atom. The molecular formula is C7H11F. The smallest absolute Gasteiger partial charge is 0.106 e. The number of rotatable bonds is 0. The molecule has 0 aromatic heterocycles. The Kier molecular flexibility index (Phi) is 1.66. The molecule has 46 valence electrons. The van der Waals surface area contributed by atoms with Gasteiger partial charge in [0.2, 0.25) is 0 Å². The molecule has 0 radical (unpaired) electrons. The fraction of sp³-hybridized carbons (Fsp3) is 0.714. The molecule has 0 aromatic carbocycles. The average molecular weight is 114 g/mol. The van der Waals surface area contributed by atoms with E-state index in [0.29, 0.717) is 6.42 Å². The molecule has 1 rings (SSSR count). The van der Waals surface area contributed by atoms with E-state index >= 15 is 0 Å².